The topological polar surface area (TPSA) is 81.7 Å². The molecule has 1 aliphatic rings. The van der Waals surface area contributed by atoms with E-state index in [4.69, 9.17) is 9.47 Å². The van der Waals surface area contributed by atoms with Crippen molar-refractivity contribution in [3.63, 3.8) is 0 Å². The number of rotatable bonds is 6. The highest BCUT2D eigenvalue weighted by molar-refractivity contribution is 6.08. The number of carbonyl (C=O) groups is 3. The van der Waals surface area contributed by atoms with E-state index in [2.05, 4.69) is 11.4 Å². The first-order valence-electron chi connectivity index (χ1n) is 9.06. The van der Waals surface area contributed by atoms with Gasteiger partial charge in [0.05, 0.1) is 13.2 Å². The van der Waals surface area contributed by atoms with Gasteiger partial charge in [0.1, 0.15) is 0 Å². The lowest BCUT2D eigenvalue weighted by atomic mass is 9.72. The first-order valence-corrected chi connectivity index (χ1v) is 9.06. The normalized spacial score (nSPS) is 16.4. The Bertz CT molecular complexity index is 679. The number of ether oxygens (including phenoxy) is 2. The fourth-order valence-electron chi connectivity index (χ4n) is 3.64. The number of amides is 1. The number of nitrogens with one attached hydrogen (secondary N) is 1. The molecule has 6 heteroatoms. The molecule has 0 heterocycles. The van der Waals surface area contributed by atoms with Gasteiger partial charge in [-0.2, -0.15) is 0 Å². The first-order chi connectivity index (χ1) is 12.3. The van der Waals surface area contributed by atoms with Gasteiger partial charge in [0.15, 0.2) is 0 Å². The molecule has 142 valence electrons. The number of fused-ring (bicyclic) bond motifs is 1. The van der Waals surface area contributed by atoms with Gasteiger partial charge in [0, 0.05) is 12.8 Å². The van der Waals surface area contributed by atoms with Crippen molar-refractivity contribution in [1.29, 1.82) is 0 Å². The maximum Gasteiger partial charge on any atom is 0.344 e. The van der Waals surface area contributed by atoms with Crippen LogP contribution in [0.3, 0.4) is 0 Å². The van der Waals surface area contributed by atoms with Gasteiger partial charge >= 0.3 is 11.9 Å². The number of esters is 2. The lowest BCUT2D eigenvalue weighted by Crippen LogP contribution is -2.66. The first kappa shape index (κ1) is 19.9. The van der Waals surface area contributed by atoms with Crippen LogP contribution in [-0.2, 0) is 36.7 Å². The van der Waals surface area contributed by atoms with Crippen LogP contribution >= 0.6 is 0 Å². The van der Waals surface area contributed by atoms with E-state index < -0.39 is 29.3 Å². The molecule has 1 aromatic rings. The second-order valence-corrected chi connectivity index (χ2v) is 6.64. The molecule has 1 unspecified atom stereocenters. The Hall–Kier alpha value is -2.37. The SMILES string of the molecule is CCOC(=O)C(NC(C)=O)(C(=O)OCC)C1CCc2cc(C)ccc2C1. The molecule has 1 aliphatic carbocycles. The van der Waals surface area contributed by atoms with Crippen LogP contribution < -0.4 is 5.32 Å². The summed E-state index contributed by atoms with van der Waals surface area (Å²) in [6.07, 6.45) is 1.80. The fraction of sp³-hybridized carbons (Fsp3) is 0.550. The summed E-state index contributed by atoms with van der Waals surface area (Å²) in [5, 5.41) is 2.59. The predicted molar refractivity (Wildman–Crippen MR) is 96.5 cm³/mol. The van der Waals surface area contributed by atoms with E-state index in [0.717, 1.165) is 12.0 Å². The summed E-state index contributed by atoms with van der Waals surface area (Å²) in [6.45, 7) is 6.88. The Labute approximate surface area is 154 Å². The molecule has 6 nitrogen and oxygen atoms in total. The number of hydrogen-bond donors (Lipinski definition) is 1. The zero-order valence-electron chi connectivity index (χ0n) is 15.9. The number of hydrogen-bond acceptors (Lipinski definition) is 5. The summed E-state index contributed by atoms with van der Waals surface area (Å²) >= 11 is 0. The van der Waals surface area contributed by atoms with E-state index in [1.54, 1.807) is 13.8 Å². The number of carbonyl (C=O) groups excluding carboxylic acids is 3. The van der Waals surface area contributed by atoms with Gasteiger partial charge in [0.2, 0.25) is 11.4 Å². The quantitative estimate of drug-likeness (QED) is 0.620. The minimum Gasteiger partial charge on any atom is -0.464 e. The summed E-state index contributed by atoms with van der Waals surface area (Å²) in [7, 11) is 0. The molecule has 0 fully saturated rings. The standard InChI is InChI=1S/C20H27NO5/c1-5-25-18(23)20(21-14(4)22,19(24)26-6-2)17-10-9-15-11-13(3)7-8-16(15)12-17/h7-8,11,17H,5-6,9-10,12H2,1-4H3,(H,21,22). The van der Waals surface area contributed by atoms with E-state index in [9.17, 15) is 14.4 Å². The average Bonchev–Trinajstić information content (AvgIpc) is 2.59. The molecule has 2 rings (SSSR count). The van der Waals surface area contributed by atoms with Gasteiger partial charge in [-0.15, -0.1) is 0 Å². The van der Waals surface area contributed by atoms with Crippen molar-refractivity contribution in [3.8, 4) is 0 Å². The summed E-state index contributed by atoms with van der Waals surface area (Å²) in [4.78, 5) is 37.6. The van der Waals surface area contributed by atoms with Gasteiger partial charge < -0.3 is 14.8 Å². The molecule has 0 aliphatic heterocycles. The van der Waals surface area contributed by atoms with Crippen LogP contribution in [0.1, 0.15) is 43.9 Å². The van der Waals surface area contributed by atoms with Crippen molar-refractivity contribution in [3.05, 3.63) is 34.9 Å². The molecule has 0 saturated carbocycles. The van der Waals surface area contributed by atoms with Gasteiger partial charge in [-0.05, 0) is 51.2 Å². The van der Waals surface area contributed by atoms with E-state index >= 15 is 0 Å². The van der Waals surface area contributed by atoms with E-state index in [1.165, 1.54) is 18.1 Å². The highest BCUT2D eigenvalue weighted by Gasteiger charge is 2.56. The second-order valence-electron chi connectivity index (χ2n) is 6.64. The molecule has 0 saturated heterocycles. The van der Waals surface area contributed by atoms with Gasteiger partial charge in [-0.3, -0.25) is 4.79 Å². The summed E-state index contributed by atoms with van der Waals surface area (Å²) in [6, 6.07) is 6.15. The Morgan fingerprint density at radius 3 is 2.27 bits per heavy atom. The summed E-state index contributed by atoms with van der Waals surface area (Å²) in [5.41, 5.74) is 1.65. The second kappa shape index (κ2) is 8.34. The molecule has 0 bridgehead atoms. The smallest absolute Gasteiger partial charge is 0.344 e. The van der Waals surface area contributed by atoms with Crippen molar-refractivity contribution in [2.75, 3.05) is 13.2 Å². The monoisotopic (exact) mass is 361 g/mol. The summed E-state index contributed by atoms with van der Waals surface area (Å²) in [5.74, 6) is -2.41. The van der Waals surface area contributed by atoms with E-state index in [-0.39, 0.29) is 13.2 Å². The molecule has 26 heavy (non-hydrogen) atoms. The fourth-order valence-corrected chi connectivity index (χ4v) is 3.64. The van der Waals surface area contributed by atoms with Crippen molar-refractivity contribution < 1.29 is 23.9 Å². The van der Waals surface area contributed by atoms with Crippen molar-refractivity contribution in [2.24, 2.45) is 5.92 Å². The highest BCUT2D eigenvalue weighted by Crippen LogP contribution is 2.35. The predicted octanol–water partition coefficient (Wildman–Crippen LogP) is 2.10. The minimum atomic E-state index is -1.82. The third-order valence-corrected chi connectivity index (χ3v) is 4.77. The van der Waals surface area contributed by atoms with Crippen LogP contribution in [0.5, 0.6) is 0 Å². The summed E-state index contributed by atoms with van der Waals surface area (Å²) < 4.78 is 10.4. The molecule has 1 amide bonds. The van der Waals surface area contributed by atoms with Crippen LogP contribution in [0, 0.1) is 12.8 Å². The largest absolute Gasteiger partial charge is 0.464 e. The van der Waals surface area contributed by atoms with Crippen molar-refractivity contribution in [1.82, 2.24) is 5.32 Å². The molecule has 1 aromatic carbocycles. The van der Waals surface area contributed by atoms with Crippen molar-refractivity contribution in [2.45, 2.75) is 52.5 Å². The van der Waals surface area contributed by atoms with E-state index in [1.807, 2.05) is 19.1 Å². The van der Waals surface area contributed by atoms with Gasteiger partial charge in [0.25, 0.3) is 0 Å². The molecule has 0 spiro atoms. The van der Waals surface area contributed by atoms with Crippen LogP contribution in [0.15, 0.2) is 18.2 Å². The van der Waals surface area contributed by atoms with Crippen LogP contribution in [0.2, 0.25) is 0 Å². The molecule has 1 N–H and O–H groups in total. The average molecular weight is 361 g/mol. The highest BCUT2D eigenvalue weighted by atomic mass is 16.6. The molecular formula is C20H27NO5. The molecule has 0 radical (unpaired) electrons. The number of aryl methyl sites for hydroxylation is 2. The Morgan fingerprint density at radius 2 is 1.73 bits per heavy atom. The van der Waals surface area contributed by atoms with Crippen molar-refractivity contribution >= 4 is 17.8 Å². The Balaban J connectivity index is 2.47. The molecular weight excluding hydrogens is 334 g/mol. The third-order valence-electron chi connectivity index (χ3n) is 4.77. The molecule has 1 atom stereocenters. The lowest BCUT2D eigenvalue weighted by Gasteiger charge is -2.39. The number of benzene rings is 1. The maximum absolute atomic E-state index is 12.8. The minimum absolute atomic E-state index is 0.113. The third kappa shape index (κ3) is 3.89. The van der Waals surface area contributed by atoms with Gasteiger partial charge in [-0.25, -0.2) is 9.59 Å². The Kier molecular flexibility index (Phi) is 6.40. The maximum atomic E-state index is 12.8. The molecule has 0 aromatic heterocycles. The van der Waals surface area contributed by atoms with Crippen LogP contribution in [-0.4, -0.2) is 36.6 Å². The van der Waals surface area contributed by atoms with Crippen LogP contribution in [0.25, 0.3) is 0 Å². The lowest BCUT2D eigenvalue weighted by molar-refractivity contribution is -0.172. The van der Waals surface area contributed by atoms with Gasteiger partial charge in [-0.1, -0.05) is 23.8 Å². The zero-order chi connectivity index (χ0) is 19.3. The Morgan fingerprint density at radius 1 is 1.12 bits per heavy atom. The van der Waals surface area contributed by atoms with E-state index in [0.29, 0.717) is 12.8 Å². The zero-order valence-corrected chi connectivity index (χ0v) is 15.9. The van der Waals surface area contributed by atoms with Crippen LogP contribution in [0.4, 0.5) is 0 Å².